The first kappa shape index (κ1) is 20.9. The van der Waals surface area contributed by atoms with Gasteiger partial charge in [0.15, 0.2) is 0 Å². The zero-order chi connectivity index (χ0) is 23.1. The Kier molecular flexibility index (Phi) is 5.18. The van der Waals surface area contributed by atoms with E-state index in [9.17, 15) is 19.2 Å². The summed E-state index contributed by atoms with van der Waals surface area (Å²) in [6.45, 7) is 0.244. The molecule has 2 N–H and O–H groups in total. The van der Waals surface area contributed by atoms with Crippen LogP contribution < -0.4 is 22.1 Å². The average molecular weight is 464 g/mol. The van der Waals surface area contributed by atoms with E-state index in [2.05, 4.69) is 15.3 Å². The molecule has 0 atom stereocenters. The van der Waals surface area contributed by atoms with Crippen molar-refractivity contribution in [1.82, 2.24) is 19.1 Å². The second-order valence-electron chi connectivity index (χ2n) is 7.89. The number of aromatic nitrogens is 4. The number of nitrogens with one attached hydrogen (secondary N) is 2. The number of anilines is 1. The normalized spacial score (nSPS) is 13.2. The maximum absolute atomic E-state index is 12.8. The molecule has 1 fully saturated rings. The van der Waals surface area contributed by atoms with Crippen LogP contribution in [-0.4, -0.2) is 25.0 Å². The molecule has 9 nitrogen and oxygen atoms in total. The second kappa shape index (κ2) is 8.18. The molecule has 1 aliphatic rings. The quantitative estimate of drug-likeness (QED) is 0.471. The zero-order valence-electron chi connectivity index (χ0n) is 17.2. The number of nitrogens with zero attached hydrogens (tertiary/aromatic N) is 3. The lowest BCUT2D eigenvalue weighted by Gasteiger charge is -2.11. The molecular weight excluding hydrogens is 446 g/mol. The molecule has 0 radical (unpaired) electrons. The van der Waals surface area contributed by atoms with Gasteiger partial charge in [-0.1, -0.05) is 29.8 Å². The fourth-order valence-electron chi connectivity index (χ4n) is 3.68. The Morgan fingerprint density at radius 1 is 1.15 bits per heavy atom. The van der Waals surface area contributed by atoms with Crippen molar-refractivity contribution in [2.24, 2.45) is 0 Å². The smallest absolute Gasteiger partial charge is 0.321 e. The van der Waals surface area contributed by atoms with Crippen molar-refractivity contribution >= 4 is 34.2 Å². The molecule has 1 aliphatic carbocycles. The summed E-state index contributed by atoms with van der Waals surface area (Å²) >= 11 is 6.19. The summed E-state index contributed by atoms with van der Waals surface area (Å²) in [5.41, 5.74) is 0.231. The van der Waals surface area contributed by atoms with E-state index in [0.717, 1.165) is 18.4 Å². The Labute approximate surface area is 191 Å². The molecule has 0 unspecified atom stereocenters. The number of H-pyrrole nitrogens is 1. The highest BCUT2D eigenvalue weighted by Crippen LogP contribution is 2.34. The number of rotatable bonds is 5. The largest absolute Gasteiger partial charge is 0.330 e. The predicted octanol–water partition coefficient (Wildman–Crippen LogP) is 2.54. The van der Waals surface area contributed by atoms with E-state index in [1.54, 1.807) is 12.1 Å². The summed E-state index contributed by atoms with van der Waals surface area (Å²) in [7, 11) is 0. The maximum atomic E-state index is 12.8. The van der Waals surface area contributed by atoms with Gasteiger partial charge in [0.05, 0.1) is 23.2 Å². The van der Waals surface area contributed by atoms with Gasteiger partial charge in [-0.05, 0) is 36.6 Å². The highest BCUT2D eigenvalue weighted by atomic mass is 35.5. The number of amides is 1. The Morgan fingerprint density at radius 2 is 1.94 bits per heavy atom. The van der Waals surface area contributed by atoms with E-state index in [4.69, 9.17) is 11.6 Å². The molecule has 166 valence electrons. The fourth-order valence-corrected chi connectivity index (χ4v) is 3.87. The van der Waals surface area contributed by atoms with Crippen LogP contribution in [0.1, 0.15) is 34.8 Å². The lowest BCUT2D eigenvalue weighted by molar-refractivity contribution is 0.102. The molecule has 3 heterocycles. The van der Waals surface area contributed by atoms with Gasteiger partial charge in [-0.3, -0.25) is 23.9 Å². The van der Waals surface area contributed by atoms with Crippen LogP contribution in [0.15, 0.2) is 69.2 Å². The number of carbonyl (C=O) groups is 1. The molecule has 4 aromatic rings. The van der Waals surface area contributed by atoms with E-state index < -0.39 is 17.2 Å². The van der Waals surface area contributed by atoms with E-state index >= 15 is 0 Å². The molecule has 1 aromatic carbocycles. The van der Waals surface area contributed by atoms with Crippen LogP contribution >= 0.6 is 11.6 Å². The van der Waals surface area contributed by atoms with Gasteiger partial charge >= 0.3 is 5.69 Å². The zero-order valence-corrected chi connectivity index (χ0v) is 18.0. The molecule has 1 amide bonds. The van der Waals surface area contributed by atoms with Gasteiger partial charge in [0.2, 0.25) is 0 Å². The van der Waals surface area contributed by atoms with E-state index in [0.29, 0.717) is 10.7 Å². The third-order valence-electron chi connectivity index (χ3n) is 5.49. The van der Waals surface area contributed by atoms with Crippen LogP contribution in [-0.2, 0) is 6.54 Å². The third-order valence-corrected chi connectivity index (χ3v) is 5.86. The summed E-state index contributed by atoms with van der Waals surface area (Å²) in [6.07, 6.45) is 4.54. The van der Waals surface area contributed by atoms with Crippen LogP contribution in [0.2, 0.25) is 5.02 Å². The monoisotopic (exact) mass is 463 g/mol. The van der Waals surface area contributed by atoms with Crippen LogP contribution in [0, 0.1) is 0 Å². The average Bonchev–Trinajstić information content (AvgIpc) is 3.62. The topological polar surface area (TPSA) is 119 Å². The van der Waals surface area contributed by atoms with Crippen LogP contribution in [0.5, 0.6) is 0 Å². The summed E-state index contributed by atoms with van der Waals surface area (Å²) in [5.74, 6) is -0.504. The molecule has 0 spiro atoms. The van der Waals surface area contributed by atoms with Crippen molar-refractivity contribution in [3.05, 3.63) is 102 Å². The minimum atomic E-state index is -0.595. The van der Waals surface area contributed by atoms with E-state index in [1.807, 2.05) is 12.1 Å². The molecule has 0 aliphatic heterocycles. The number of halogens is 1. The van der Waals surface area contributed by atoms with E-state index in [1.165, 1.54) is 39.7 Å². The summed E-state index contributed by atoms with van der Waals surface area (Å²) in [6, 6.07) is 11.5. The number of pyridine rings is 2. The Morgan fingerprint density at radius 3 is 2.70 bits per heavy atom. The number of hydrogen-bond donors (Lipinski definition) is 2. The van der Waals surface area contributed by atoms with Crippen LogP contribution in [0.3, 0.4) is 0 Å². The summed E-state index contributed by atoms with van der Waals surface area (Å²) in [5, 5.41) is 3.42. The molecule has 5 rings (SSSR count). The number of benzene rings is 1. The second-order valence-corrected chi connectivity index (χ2v) is 8.29. The minimum absolute atomic E-state index is 0.0168. The van der Waals surface area contributed by atoms with Gasteiger partial charge in [0.25, 0.3) is 17.0 Å². The highest BCUT2D eigenvalue weighted by molar-refractivity contribution is 6.31. The van der Waals surface area contributed by atoms with Crippen molar-refractivity contribution in [2.75, 3.05) is 5.32 Å². The van der Waals surface area contributed by atoms with Crippen molar-refractivity contribution in [2.45, 2.75) is 25.4 Å². The van der Waals surface area contributed by atoms with Crippen LogP contribution in [0.4, 0.5) is 5.69 Å². The van der Waals surface area contributed by atoms with E-state index in [-0.39, 0.29) is 34.7 Å². The van der Waals surface area contributed by atoms with Crippen LogP contribution in [0.25, 0.3) is 11.0 Å². The number of aromatic amines is 1. The molecule has 1 saturated carbocycles. The van der Waals surface area contributed by atoms with Crippen molar-refractivity contribution in [1.29, 1.82) is 0 Å². The molecule has 0 bridgehead atoms. The molecule has 3 aromatic heterocycles. The lowest BCUT2D eigenvalue weighted by Crippen LogP contribution is -2.30. The van der Waals surface area contributed by atoms with Crippen molar-refractivity contribution in [3.63, 3.8) is 0 Å². The Balaban J connectivity index is 1.44. The van der Waals surface area contributed by atoms with Gasteiger partial charge in [-0.25, -0.2) is 9.78 Å². The van der Waals surface area contributed by atoms with Gasteiger partial charge in [0.1, 0.15) is 5.65 Å². The molecule has 33 heavy (non-hydrogen) atoms. The van der Waals surface area contributed by atoms with Gasteiger partial charge < -0.3 is 9.88 Å². The van der Waals surface area contributed by atoms with Gasteiger partial charge in [0, 0.05) is 29.5 Å². The minimum Gasteiger partial charge on any atom is -0.321 e. The van der Waals surface area contributed by atoms with Gasteiger partial charge in [-0.2, -0.15) is 0 Å². The summed E-state index contributed by atoms with van der Waals surface area (Å²) < 4.78 is 2.90. The first-order valence-electron chi connectivity index (χ1n) is 10.3. The van der Waals surface area contributed by atoms with Crippen molar-refractivity contribution < 1.29 is 4.79 Å². The highest BCUT2D eigenvalue weighted by Gasteiger charge is 2.27. The molecule has 10 heteroatoms. The maximum Gasteiger partial charge on any atom is 0.330 e. The number of hydrogen-bond acceptors (Lipinski definition) is 5. The third kappa shape index (κ3) is 4.10. The lowest BCUT2D eigenvalue weighted by atomic mass is 10.2. The Bertz CT molecular complexity index is 1580. The Hall–Kier alpha value is -3.98. The standard InChI is InChI=1S/C23H18ClN5O4/c24-18-4-2-1-3-13(18)11-28-12-15(5-8-19(28)30)26-21(31)14-9-17-20(25-10-14)29(16-6-7-16)23(33)27-22(17)32/h1-5,8-10,12,16H,6-7,11H2,(H,26,31)(H,27,32,33). The summed E-state index contributed by atoms with van der Waals surface area (Å²) in [4.78, 5) is 56.1. The number of carbonyl (C=O) groups excluding carboxylic acids is 1. The first-order chi connectivity index (χ1) is 15.9. The van der Waals surface area contributed by atoms with Crippen molar-refractivity contribution in [3.8, 4) is 0 Å². The first-order valence-corrected chi connectivity index (χ1v) is 10.7. The molecular formula is C23H18ClN5O4. The van der Waals surface area contributed by atoms with Gasteiger partial charge in [-0.15, -0.1) is 0 Å². The molecule has 0 saturated heterocycles. The predicted molar refractivity (Wildman–Crippen MR) is 124 cm³/mol. The SMILES string of the molecule is O=C(Nc1ccc(=O)n(Cc2ccccc2Cl)c1)c1cnc2c(c1)c(=O)[nH]c(=O)n2C1CC1. The number of fused-ring (bicyclic) bond motifs is 1. The fraction of sp³-hybridized carbons (Fsp3) is 0.174.